The number of carbonyl (C=O) groups is 1. The second kappa shape index (κ2) is 8.68. The van der Waals surface area contributed by atoms with Crippen molar-refractivity contribution in [2.45, 2.75) is 43.9 Å². The Kier molecular flexibility index (Phi) is 6.60. The zero-order valence-corrected chi connectivity index (χ0v) is 14.2. The number of aromatic nitrogens is 1. The van der Waals surface area contributed by atoms with Gasteiger partial charge in [-0.3, -0.25) is 9.00 Å². The molecule has 0 radical (unpaired) electrons. The molecule has 5 nitrogen and oxygen atoms in total. The highest BCUT2D eigenvalue weighted by Crippen LogP contribution is 2.25. The normalized spacial score (nSPS) is 21.9. The van der Waals surface area contributed by atoms with Gasteiger partial charge >= 0.3 is 0 Å². The van der Waals surface area contributed by atoms with Crippen LogP contribution in [0.5, 0.6) is 0 Å². The Hall–Kier alpha value is -1.87. The van der Waals surface area contributed by atoms with Crippen LogP contribution >= 0.6 is 0 Å². The van der Waals surface area contributed by atoms with Crippen LogP contribution in [0, 0.1) is 12.3 Å². The third kappa shape index (κ3) is 5.07. The quantitative estimate of drug-likeness (QED) is 0.781. The van der Waals surface area contributed by atoms with E-state index in [2.05, 4.69) is 21.5 Å². The van der Waals surface area contributed by atoms with Gasteiger partial charge in [0, 0.05) is 34.0 Å². The monoisotopic (exact) mass is 333 g/mol. The molecule has 0 bridgehead atoms. The van der Waals surface area contributed by atoms with Crippen molar-refractivity contribution >= 4 is 22.5 Å². The predicted octanol–water partition coefficient (Wildman–Crippen LogP) is 1.94. The Labute approximate surface area is 140 Å². The lowest BCUT2D eigenvalue weighted by Gasteiger charge is -2.29. The van der Waals surface area contributed by atoms with Gasteiger partial charge in [-0.1, -0.05) is 19.3 Å². The summed E-state index contributed by atoms with van der Waals surface area (Å²) in [6, 6.07) is 3.81. The van der Waals surface area contributed by atoms with Crippen molar-refractivity contribution in [2.24, 2.45) is 0 Å². The molecule has 1 aliphatic rings. The second-order valence-electron chi connectivity index (χ2n) is 5.62. The molecule has 0 aliphatic heterocycles. The number of hydrogen-bond donors (Lipinski definition) is 2. The largest absolute Gasteiger partial charge is 0.367 e. The van der Waals surface area contributed by atoms with Gasteiger partial charge in [-0.05, 0) is 31.4 Å². The lowest BCUT2D eigenvalue weighted by molar-refractivity contribution is 0.0958. The molecule has 0 aromatic carbocycles. The summed E-state index contributed by atoms with van der Waals surface area (Å²) in [5.74, 6) is 3.60. The average Bonchev–Trinajstić information content (AvgIpc) is 2.59. The molecule has 3 atom stereocenters. The number of hydrogen-bond acceptors (Lipinski definition) is 4. The number of nitrogens with zero attached hydrogens (tertiary/aromatic N) is 1. The number of pyridine rings is 1. The van der Waals surface area contributed by atoms with Crippen LogP contribution in [0.4, 0.5) is 5.82 Å². The summed E-state index contributed by atoms with van der Waals surface area (Å²) in [5.41, 5.74) is 0.486. The number of anilines is 1. The number of terminal acetylenes is 1. The molecule has 124 valence electrons. The molecule has 1 amide bonds. The van der Waals surface area contributed by atoms with Crippen molar-refractivity contribution in [2.75, 3.05) is 17.6 Å². The van der Waals surface area contributed by atoms with Crippen LogP contribution in [-0.2, 0) is 10.8 Å². The van der Waals surface area contributed by atoms with Crippen molar-refractivity contribution in [3.63, 3.8) is 0 Å². The van der Waals surface area contributed by atoms with E-state index >= 15 is 0 Å². The molecular weight excluding hydrogens is 310 g/mol. The van der Waals surface area contributed by atoms with E-state index in [1.54, 1.807) is 18.3 Å². The van der Waals surface area contributed by atoms with Crippen LogP contribution in [0.25, 0.3) is 0 Å². The topological polar surface area (TPSA) is 71.1 Å². The van der Waals surface area contributed by atoms with Gasteiger partial charge in [0.15, 0.2) is 0 Å². The van der Waals surface area contributed by atoms with E-state index in [-0.39, 0.29) is 23.7 Å². The predicted molar refractivity (Wildman–Crippen MR) is 93.8 cm³/mol. The molecule has 6 heteroatoms. The first-order valence-corrected chi connectivity index (χ1v) is 9.33. The molecule has 1 saturated carbocycles. The Morgan fingerprint density at radius 1 is 1.48 bits per heavy atom. The van der Waals surface area contributed by atoms with Crippen LogP contribution in [0.2, 0.25) is 0 Å². The first kappa shape index (κ1) is 17.5. The first-order chi connectivity index (χ1) is 11.1. The average molecular weight is 333 g/mol. The summed E-state index contributed by atoms with van der Waals surface area (Å²) in [6.07, 6.45) is 10.7. The van der Waals surface area contributed by atoms with Crippen LogP contribution in [-0.4, -0.2) is 38.7 Å². The minimum absolute atomic E-state index is 0.205. The fourth-order valence-corrected chi connectivity index (χ4v) is 4.15. The van der Waals surface area contributed by atoms with E-state index in [1.165, 1.54) is 0 Å². The van der Waals surface area contributed by atoms with E-state index in [4.69, 9.17) is 6.42 Å². The number of rotatable bonds is 6. The number of amides is 1. The fraction of sp³-hybridized carbons (Fsp3) is 0.529. The van der Waals surface area contributed by atoms with E-state index in [0.717, 1.165) is 37.3 Å². The lowest BCUT2D eigenvalue weighted by Crippen LogP contribution is -2.33. The van der Waals surface area contributed by atoms with Gasteiger partial charge < -0.3 is 10.6 Å². The maximum absolute atomic E-state index is 12.0. The van der Waals surface area contributed by atoms with Crippen molar-refractivity contribution in [1.82, 2.24) is 10.3 Å². The zero-order chi connectivity index (χ0) is 16.7. The van der Waals surface area contributed by atoms with Crippen LogP contribution in [0.15, 0.2) is 18.3 Å². The third-order valence-electron chi connectivity index (χ3n) is 4.01. The van der Waals surface area contributed by atoms with E-state index in [1.807, 2.05) is 6.92 Å². The Morgan fingerprint density at radius 3 is 2.96 bits per heavy atom. The minimum Gasteiger partial charge on any atom is -0.367 e. The Bertz CT molecular complexity index is 595. The molecule has 1 aliphatic carbocycles. The first-order valence-electron chi connectivity index (χ1n) is 7.95. The standard InChI is InChI=1S/C17H23N3O2S/c1-3-10-18-17(21)13-8-9-16(19-12-13)20-14-6-5-7-15(11-14)23(22)4-2/h1,8-9,12,14-15H,4-7,10-11H2,2H3,(H,18,21)(H,19,20). The Morgan fingerprint density at radius 2 is 2.30 bits per heavy atom. The number of nitrogens with one attached hydrogen (secondary N) is 2. The van der Waals surface area contributed by atoms with E-state index < -0.39 is 10.8 Å². The Balaban J connectivity index is 1.92. The molecule has 1 aromatic rings. The maximum Gasteiger partial charge on any atom is 0.253 e. The molecular formula is C17H23N3O2S. The molecule has 1 aromatic heterocycles. The highest BCUT2D eigenvalue weighted by molar-refractivity contribution is 7.85. The highest BCUT2D eigenvalue weighted by atomic mass is 32.2. The minimum atomic E-state index is -0.735. The van der Waals surface area contributed by atoms with Crippen LogP contribution < -0.4 is 10.6 Å². The molecule has 2 rings (SSSR count). The summed E-state index contributed by atoms with van der Waals surface area (Å²) < 4.78 is 12.0. The van der Waals surface area contributed by atoms with E-state index in [0.29, 0.717) is 5.56 Å². The van der Waals surface area contributed by atoms with Crippen molar-refractivity contribution in [3.05, 3.63) is 23.9 Å². The molecule has 1 fully saturated rings. The SMILES string of the molecule is C#CCNC(=O)c1ccc(NC2CCCC(S(=O)CC)C2)nc1. The summed E-state index contributed by atoms with van der Waals surface area (Å²) in [6.45, 7) is 2.18. The van der Waals surface area contributed by atoms with Gasteiger partial charge in [-0.2, -0.15) is 0 Å². The highest BCUT2D eigenvalue weighted by Gasteiger charge is 2.25. The summed E-state index contributed by atoms with van der Waals surface area (Å²) in [5, 5.41) is 6.27. The van der Waals surface area contributed by atoms with Gasteiger partial charge in [0.2, 0.25) is 0 Å². The summed E-state index contributed by atoms with van der Waals surface area (Å²) in [7, 11) is -0.735. The van der Waals surface area contributed by atoms with Crippen molar-refractivity contribution in [3.8, 4) is 12.3 Å². The van der Waals surface area contributed by atoms with Crippen molar-refractivity contribution in [1.29, 1.82) is 0 Å². The lowest BCUT2D eigenvalue weighted by atomic mass is 9.95. The van der Waals surface area contributed by atoms with Gasteiger partial charge in [-0.25, -0.2) is 4.98 Å². The maximum atomic E-state index is 12.0. The van der Waals surface area contributed by atoms with Crippen LogP contribution in [0.3, 0.4) is 0 Å². The van der Waals surface area contributed by atoms with E-state index in [9.17, 15) is 9.00 Å². The van der Waals surface area contributed by atoms with Crippen LogP contribution in [0.1, 0.15) is 43.0 Å². The fourth-order valence-electron chi connectivity index (χ4n) is 2.81. The molecule has 23 heavy (non-hydrogen) atoms. The molecule has 3 unspecified atom stereocenters. The van der Waals surface area contributed by atoms with Gasteiger partial charge in [-0.15, -0.1) is 6.42 Å². The van der Waals surface area contributed by atoms with Gasteiger partial charge in [0.05, 0.1) is 12.1 Å². The van der Waals surface area contributed by atoms with Gasteiger partial charge in [0.1, 0.15) is 5.82 Å². The summed E-state index contributed by atoms with van der Waals surface area (Å²) >= 11 is 0. The zero-order valence-electron chi connectivity index (χ0n) is 13.4. The van der Waals surface area contributed by atoms with Crippen molar-refractivity contribution < 1.29 is 9.00 Å². The van der Waals surface area contributed by atoms with Gasteiger partial charge in [0.25, 0.3) is 5.91 Å². The molecule has 2 N–H and O–H groups in total. The second-order valence-corrected chi connectivity index (χ2v) is 7.62. The summed E-state index contributed by atoms with van der Waals surface area (Å²) in [4.78, 5) is 16.0. The third-order valence-corrected chi connectivity index (χ3v) is 5.75. The smallest absolute Gasteiger partial charge is 0.253 e. The molecule has 1 heterocycles. The molecule has 0 spiro atoms. The number of carbonyl (C=O) groups excluding carboxylic acids is 1. The molecule has 0 saturated heterocycles.